The minimum Gasteiger partial charge on any atom is -0.508 e. The highest BCUT2D eigenvalue weighted by molar-refractivity contribution is 5.95. The molecule has 1 aliphatic rings. The largest absolute Gasteiger partial charge is 0.508 e. The number of aryl methyl sites for hydroxylation is 1. The number of benzene rings is 3. The Hall–Kier alpha value is -4.41. The van der Waals surface area contributed by atoms with E-state index in [1.807, 2.05) is 61.5 Å². The molecule has 234 valence electrons. The number of aromatic hydroxyl groups is 1. The summed E-state index contributed by atoms with van der Waals surface area (Å²) in [6.07, 6.45) is 1.68. The molecule has 1 aliphatic heterocycles. The number of hydrogen-bond donors (Lipinski definition) is 5. The van der Waals surface area contributed by atoms with Crippen LogP contribution in [-0.2, 0) is 38.4 Å². The summed E-state index contributed by atoms with van der Waals surface area (Å²) in [5, 5.41) is 15.1. The van der Waals surface area contributed by atoms with Gasteiger partial charge in [0, 0.05) is 19.4 Å². The molecule has 4 rings (SSSR count). The van der Waals surface area contributed by atoms with Gasteiger partial charge in [0.05, 0.1) is 6.04 Å². The van der Waals surface area contributed by atoms with Crippen LogP contribution in [0.25, 0.3) is 0 Å². The van der Waals surface area contributed by atoms with E-state index in [9.17, 15) is 24.3 Å². The fourth-order valence-electron chi connectivity index (χ4n) is 5.37. The first-order valence-corrected chi connectivity index (χ1v) is 14.4. The topological polar surface area (TPSA) is 168 Å². The summed E-state index contributed by atoms with van der Waals surface area (Å²) in [5.41, 5.74) is 15.3. The van der Waals surface area contributed by atoms with Gasteiger partial charge in [-0.15, -0.1) is 12.4 Å². The highest BCUT2D eigenvalue weighted by atomic mass is 35.5. The molecule has 0 aliphatic carbocycles. The van der Waals surface area contributed by atoms with Crippen LogP contribution in [0.4, 0.5) is 0 Å². The molecule has 0 saturated carbocycles. The van der Waals surface area contributed by atoms with Crippen molar-refractivity contribution in [1.82, 2.24) is 15.5 Å². The Morgan fingerprint density at radius 3 is 2.16 bits per heavy atom. The van der Waals surface area contributed by atoms with Gasteiger partial charge in [-0.25, -0.2) is 0 Å². The number of hydrogen-bond acceptors (Lipinski definition) is 6. The monoisotopic (exact) mass is 621 g/mol. The number of amides is 4. The Morgan fingerprint density at radius 2 is 1.50 bits per heavy atom. The van der Waals surface area contributed by atoms with Crippen molar-refractivity contribution < 1.29 is 24.3 Å². The Balaban J connectivity index is 0.00000529. The molecule has 1 heterocycles. The average Bonchev–Trinajstić information content (AvgIpc) is 3.49. The summed E-state index contributed by atoms with van der Waals surface area (Å²) < 4.78 is 0. The number of rotatable bonds is 12. The number of likely N-dealkylation sites (tertiary alicyclic amines) is 1. The number of carbonyl (C=O) groups excluding carboxylic acids is 4. The lowest BCUT2D eigenvalue weighted by Gasteiger charge is -2.29. The lowest BCUT2D eigenvalue weighted by molar-refractivity contribution is -0.140. The highest BCUT2D eigenvalue weighted by Crippen LogP contribution is 2.21. The normalized spacial score (nSPS) is 16.2. The van der Waals surface area contributed by atoms with Crippen molar-refractivity contribution in [2.24, 2.45) is 11.5 Å². The Bertz CT molecular complexity index is 1440. The third-order valence-corrected chi connectivity index (χ3v) is 7.81. The SMILES string of the molecule is Cc1ccccc1C[C@H](NC(=O)[C@@H]1CCCN1C(=O)[C@@H](N)Cc1ccc(O)cc1)C(=O)N[C@@H](Cc1ccccc1)C(N)=O.Cl. The van der Waals surface area contributed by atoms with Gasteiger partial charge in [-0.05, 0) is 60.6 Å². The average molecular weight is 622 g/mol. The number of primary amides is 1. The predicted molar refractivity (Wildman–Crippen MR) is 170 cm³/mol. The molecule has 3 aromatic carbocycles. The van der Waals surface area contributed by atoms with Gasteiger partial charge in [0.1, 0.15) is 23.9 Å². The first kappa shape index (κ1) is 34.1. The zero-order chi connectivity index (χ0) is 30.9. The number of nitrogens with two attached hydrogens (primary N) is 2. The number of carbonyl (C=O) groups is 4. The second-order valence-corrected chi connectivity index (χ2v) is 11.0. The quantitative estimate of drug-likeness (QED) is 0.207. The van der Waals surface area contributed by atoms with Crippen molar-refractivity contribution in [3.05, 3.63) is 101 Å². The molecule has 0 radical (unpaired) electrons. The third-order valence-electron chi connectivity index (χ3n) is 7.81. The summed E-state index contributed by atoms with van der Waals surface area (Å²) in [5.74, 6) is -1.94. The Labute approximate surface area is 263 Å². The molecule has 10 nitrogen and oxygen atoms in total. The summed E-state index contributed by atoms with van der Waals surface area (Å²) in [4.78, 5) is 54.3. The Kier molecular flexibility index (Phi) is 12.3. The molecule has 11 heteroatoms. The van der Waals surface area contributed by atoms with Gasteiger partial charge in [-0.1, -0.05) is 66.7 Å². The van der Waals surface area contributed by atoms with Crippen LogP contribution in [0.3, 0.4) is 0 Å². The fraction of sp³-hybridized carbons (Fsp3) is 0.333. The molecule has 1 fully saturated rings. The molecule has 0 aromatic heterocycles. The van der Waals surface area contributed by atoms with Crippen LogP contribution in [0.1, 0.15) is 35.1 Å². The van der Waals surface area contributed by atoms with Crippen LogP contribution in [0.2, 0.25) is 0 Å². The van der Waals surface area contributed by atoms with E-state index in [0.29, 0.717) is 19.4 Å². The lowest BCUT2D eigenvalue weighted by atomic mass is 9.99. The molecular formula is C33H40ClN5O5. The molecule has 3 aromatic rings. The third kappa shape index (κ3) is 9.05. The minimum atomic E-state index is -1.02. The van der Waals surface area contributed by atoms with Crippen LogP contribution in [-0.4, -0.2) is 64.3 Å². The van der Waals surface area contributed by atoms with E-state index in [0.717, 1.165) is 22.3 Å². The summed E-state index contributed by atoms with van der Waals surface area (Å²) >= 11 is 0. The maximum absolute atomic E-state index is 13.6. The van der Waals surface area contributed by atoms with Gasteiger partial charge in [-0.3, -0.25) is 19.2 Å². The molecule has 7 N–H and O–H groups in total. The summed E-state index contributed by atoms with van der Waals surface area (Å²) in [7, 11) is 0. The molecule has 4 amide bonds. The predicted octanol–water partition coefficient (Wildman–Crippen LogP) is 1.92. The first-order chi connectivity index (χ1) is 20.6. The van der Waals surface area contributed by atoms with E-state index >= 15 is 0 Å². The van der Waals surface area contributed by atoms with E-state index in [-0.39, 0.29) is 43.3 Å². The number of nitrogens with zero attached hydrogens (tertiary/aromatic N) is 1. The van der Waals surface area contributed by atoms with Gasteiger partial charge in [0.15, 0.2) is 0 Å². The van der Waals surface area contributed by atoms with Crippen molar-refractivity contribution >= 4 is 36.0 Å². The van der Waals surface area contributed by atoms with Crippen molar-refractivity contribution in [3.63, 3.8) is 0 Å². The van der Waals surface area contributed by atoms with Crippen molar-refractivity contribution in [2.45, 2.75) is 63.2 Å². The fourth-order valence-corrected chi connectivity index (χ4v) is 5.37. The second-order valence-electron chi connectivity index (χ2n) is 11.0. The van der Waals surface area contributed by atoms with Crippen LogP contribution in [0.5, 0.6) is 5.75 Å². The highest BCUT2D eigenvalue weighted by Gasteiger charge is 2.38. The van der Waals surface area contributed by atoms with E-state index in [4.69, 9.17) is 11.5 Å². The van der Waals surface area contributed by atoms with Crippen LogP contribution < -0.4 is 22.1 Å². The molecular weight excluding hydrogens is 582 g/mol. The molecule has 4 atom stereocenters. The van der Waals surface area contributed by atoms with E-state index < -0.39 is 41.9 Å². The standard InChI is InChI=1S/C33H39N5O5.ClH/c1-21-8-5-6-11-24(21)20-28(31(41)36-27(30(35)40)19-22-9-3-2-4-10-22)37-32(42)29-12-7-17-38(29)33(43)26(34)18-23-13-15-25(39)16-14-23;/h2-6,8-11,13-16,26-29,39H,7,12,17-20,34H2,1H3,(H2,35,40)(H,36,41)(H,37,42);1H/t26-,27-,28-,29-;/m0./s1. The number of halogens is 1. The van der Waals surface area contributed by atoms with Crippen molar-refractivity contribution in [1.29, 1.82) is 0 Å². The van der Waals surface area contributed by atoms with Gasteiger partial charge in [-0.2, -0.15) is 0 Å². The zero-order valence-electron chi connectivity index (χ0n) is 24.6. The van der Waals surface area contributed by atoms with Crippen LogP contribution in [0.15, 0.2) is 78.9 Å². The molecule has 0 unspecified atom stereocenters. The Morgan fingerprint density at radius 1 is 0.864 bits per heavy atom. The van der Waals surface area contributed by atoms with Gasteiger partial charge >= 0.3 is 0 Å². The van der Waals surface area contributed by atoms with E-state index in [1.165, 1.54) is 17.0 Å². The molecule has 1 saturated heterocycles. The lowest BCUT2D eigenvalue weighted by Crippen LogP contribution is -2.58. The van der Waals surface area contributed by atoms with Crippen LogP contribution in [0, 0.1) is 6.92 Å². The maximum atomic E-state index is 13.6. The second kappa shape index (κ2) is 15.9. The molecule has 0 spiro atoms. The summed E-state index contributed by atoms with van der Waals surface area (Å²) in [6.45, 7) is 2.29. The van der Waals surface area contributed by atoms with Crippen molar-refractivity contribution in [2.75, 3.05) is 6.54 Å². The summed E-state index contributed by atoms with van der Waals surface area (Å²) in [6, 6.07) is 19.5. The maximum Gasteiger partial charge on any atom is 0.243 e. The van der Waals surface area contributed by atoms with E-state index in [1.54, 1.807) is 12.1 Å². The number of phenolic OH excluding ortho intramolecular Hbond substituents is 1. The van der Waals surface area contributed by atoms with Gasteiger partial charge < -0.3 is 32.1 Å². The van der Waals surface area contributed by atoms with Gasteiger partial charge in [0.2, 0.25) is 23.6 Å². The number of phenols is 1. The minimum absolute atomic E-state index is 0. The van der Waals surface area contributed by atoms with Crippen LogP contribution >= 0.6 is 12.4 Å². The van der Waals surface area contributed by atoms with Gasteiger partial charge in [0.25, 0.3) is 0 Å². The molecule has 44 heavy (non-hydrogen) atoms. The number of nitrogens with one attached hydrogen (secondary N) is 2. The van der Waals surface area contributed by atoms with E-state index in [2.05, 4.69) is 10.6 Å². The zero-order valence-corrected chi connectivity index (χ0v) is 25.5. The molecule has 0 bridgehead atoms. The smallest absolute Gasteiger partial charge is 0.243 e. The first-order valence-electron chi connectivity index (χ1n) is 14.4. The van der Waals surface area contributed by atoms with Crippen molar-refractivity contribution in [3.8, 4) is 5.75 Å².